The molecule has 1 N–H and O–H groups in total. The van der Waals surface area contributed by atoms with Crippen LogP contribution in [-0.4, -0.2) is 11.8 Å². The van der Waals surface area contributed by atoms with Gasteiger partial charge in [-0.1, -0.05) is 68.4 Å². The van der Waals surface area contributed by atoms with Crippen molar-refractivity contribution in [3.8, 4) is 0 Å². The van der Waals surface area contributed by atoms with E-state index in [0.29, 0.717) is 17.9 Å². The number of rotatable bonds is 5. The molecule has 0 unspecified atom stereocenters. The van der Waals surface area contributed by atoms with Crippen molar-refractivity contribution in [2.45, 2.75) is 58.5 Å². The van der Waals surface area contributed by atoms with Crippen molar-refractivity contribution in [2.75, 3.05) is 0 Å². The van der Waals surface area contributed by atoms with Gasteiger partial charge in [0, 0.05) is 29.3 Å². The van der Waals surface area contributed by atoms with Gasteiger partial charge in [0.15, 0.2) is 5.78 Å². The summed E-state index contributed by atoms with van der Waals surface area (Å²) in [5, 5.41) is 3.34. The van der Waals surface area contributed by atoms with Crippen LogP contribution in [0.4, 0.5) is 0 Å². The molecule has 0 aromatic heterocycles. The highest BCUT2D eigenvalue weighted by atomic mass is 16.5. The van der Waals surface area contributed by atoms with Crippen LogP contribution < -0.4 is 5.32 Å². The van der Waals surface area contributed by atoms with Crippen LogP contribution in [0.25, 0.3) is 0 Å². The third kappa shape index (κ3) is 4.34. The zero-order valence-electron chi connectivity index (χ0n) is 18.4. The van der Waals surface area contributed by atoms with Gasteiger partial charge in [-0.3, -0.25) is 4.79 Å². The molecule has 4 heteroatoms. The van der Waals surface area contributed by atoms with Gasteiger partial charge >= 0.3 is 5.97 Å². The Morgan fingerprint density at radius 3 is 2.45 bits per heavy atom. The van der Waals surface area contributed by atoms with E-state index in [1.165, 1.54) is 5.56 Å². The van der Waals surface area contributed by atoms with Gasteiger partial charge in [-0.25, -0.2) is 4.79 Å². The van der Waals surface area contributed by atoms with Gasteiger partial charge in [-0.05, 0) is 42.4 Å². The number of carbonyl (C=O) groups excluding carboxylic acids is 2. The van der Waals surface area contributed by atoms with E-state index in [9.17, 15) is 9.59 Å². The van der Waals surface area contributed by atoms with E-state index >= 15 is 0 Å². The fourth-order valence-corrected chi connectivity index (χ4v) is 4.46. The van der Waals surface area contributed by atoms with Gasteiger partial charge in [0.05, 0.1) is 5.57 Å². The molecule has 2 aliphatic rings. The molecule has 0 bridgehead atoms. The minimum atomic E-state index is -0.395. The van der Waals surface area contributed by atoms with Gasteiger partial charge < -0.3 is 10.1 Å². The van der Waals surface area contributed by atoms with Crippen molar-refractivity contribution >= 4 is 11.8 Å². The molecular weight excluding hydrogens is 386 g/mol. The average Bonchev–Trinajstić information content (AvgIpc) is 2.77. The fraction of sp³-hybridized carbons (Fsp3) is 0.333. The first-order valence-electron chi connectivity index (χ1n) is 11.0. The van der Waals surface area contributed by atoms with Gasteiger partial charge in [0.25, 0.3) is 0 Å². The normalized spacial score (nSPS) is 18.7. The molecule has 1 aliphatic heterocycles. The van der Waals surface area contributed by atoms with Crippen LogP contribution in [0.3, 0.4) is 0 Å². The largest absolute Gasteiger partial charge is 0.457 e. The second-order valence-corrected chi connectivity index (χ2v) is 8.65. The summed E-state index contributed by atoms with van der Waals surface area (Å²) in [6, 6.07) is 17.9. The number of ether oxygens (including phenoxy) is 1. The van der Waals surface area contributed by atoms with E-state index < -0.39 is 5.92 Å². The second-order valence-electron chi connectivity index (χ2n) is 8.65. The lowest BCUT2D eigenvalue weighted by molar-refractivity contribution is -0.140. The highest BCUT2D eigenvalue weighted by Crippen LogP contribution is 2.42. The first-order valence-corrected chi connectivity index (χ1v) is 11.0. The number of nitrogens with one attached hydrogen (secondary N) is 1. The predicted molar refractivity (Wildman–Crippen MR) is 121 cm³/mol. The standard InChI is InChI=1S/C27H29NO3/c1-17(2)20-12-14-21(15-13-20)25-24(27(30)31-16-19-8-5-4-6-9-19)18(3)28-22-10-7-11-23(29)26(22)25/h4-6,8-9,12-15,17,25,28H,7,10-11,16H2,1-3H3/t25-/m0/s1. The van der Waals surface area contributed by atoms with Crippen LogP contribution in [0, 0.1) is 0 Å². The summed E-state index contributed by atoms with van der Waals surface area (Å²) >= 11 is 0. The Kier molecular flexibility index (Phi) is 6.08. The van der Waals surface area contributed by atoms with E-state index in [4.69, 9.17) is 4.74 Å². The molecule has 31 heavy (non-hydrogen) atoms. The van der Waals surface area contributed by atoms with Crippen molar-refractivity contribution in [1.82, 2.24) is 5.32 Å². The number of dihydropyridines is 1. The lowest BCUT2D eigenvalue weighted by Crippen LogP contribution is -2.34. The summed E-state index contributed by atoms with van der Waals surface area (Å²) in [4.78, 5) is 26.2. The highest BCUT2D eigenvalue weighted by Gasteiger charge is 2.39. The van der Waals surface area contributed by atoms with E-state index in [1.54, 1.807) is 0 Å². The Balaban J connectivity index is 1.70. The number of hydrogen-bond donors (Lipinski definition) is 1. The number of benzene rings is 2. The van der Waals surface area contributed by atoms with Crippen molar-refractivity contribution in [3.63, 3.8) is 0 Å². The molecule has 0 saturated carbocycles. The van der Waals surface area contributed by atoms with Crippen LogP contribution in [-0.2, 0) is 20.9 Å². The Morgan fingerprint density at radius 1 is 1.06 bits per heavy atom. The zero-order chi connectivity index (χ0) is 22.0. The smallest absolute Gasteiger partial charge is 0.337 e. The monoisotopic (exact) mass is 415 g/mol. The van der Waals surface area contributed by atoms with E-state index in [2.05, 4.69) is 43.4 Å². The zero-order valence-corrected chi connectivity index (χ0v) is 18.4. The molecule has 1 aliphatic carbocycles. The van der Waals surface area contributed by atoms with E-state index in [0.717, 1.165) is 40.9 Å². The molecule has 160 valence electrons. The SMILES string of the molecule is CC1=C(C(=O)OCc2ccccc2)[C@H](c2ccc(C(C)C)cc2)C2=C(CCCC2=O)N1. The van der Waals surface area contributed by atoms with Crippen LogP contribution in [0.1, 0.15) is 68.6 Å². The summed E-state index contributed by atoms with van der Waals surface area (Å²) < 4.78 is 5.70. The molecule has 1 atom stereocenters. The first-order chi connectivity index (χ1) is 15.0. The van der Waals surface area contributed by atoms with Crippen LogP contribution in [0.15, 0.2) is 77.1 Å². The number of carbonyl (C=O) groups is 2. The maximum absolute atomic E-state index is 13.3. The maximum atomic E-state index is 13.3. The molecule has 2 aromatic carbocycles. The number of hydrogen-bond acceptors (Lipinski definition) is 4. The van der Waals surface area contributed by atoms with E-state index in [1.807, 2.05) is 37.3 Å². The van der Waals surface area contributed by atoms with Crippen LogP contribution in [0.2, 0.25) is 0 Å². The van der Waals surface area contributed by atoms with Crippen molar-refractivity contribution < 1.29 is 14.3 Å². The quantitative estimate of drug-likeness (QED) is 0.653. The molecular formula is C27H29NO3. The summed E-state index contributed by atoms with van der Waals surface area (Å²) in [6.45, 7) is 6.41. The van der Waals surface area contributed by atoms with Crippen molar-refractivity contribution in [3.05, 3.63) is 93.8 Å². The number of allylic oxidation sites excluding steroid dienone is 3. The van der Waals surface area contributed by atoms with Gasteiger partial charge in [-0.2, -0.15) is 0 Å². The average molecular weight is 416 g/mol. The Bertz CT molecular complexity index is 1050. The third-order valence-electron chi connectivity index (χ3n) is 6.15. The lowest BCUT2D eigenvalue weighted by atomic mass is 9.75. The Hall–Kier alpha value is -3.14. The summed E-state index contributed by atoms with van der Waals surface area (Å²) in [5.41, 5.74) is 6.10. The molecule has 0 amide bonds. The molecule has 2 aromatic rings. The molecule has 0 saturated heterocycles. The maximum Gasteiger partial charge on any atom is 0.337 e. The third-order valence-corrected chi connectivity index (χ3v) is 6.15. The van der Waals surface area contributed by atoms with E-state index in [-0.39, 0.29) is 18.4 Å². The number of ketones is 1. The first kappa shape index (κ1) is 21.1. The summed E-state index contributed by atoms with van der Waals surface area (Å²) in [5.74, 6) is -0.237. The van der Waals surface area contributed by atoms with Gasteiger partial charge in [0.2, 0.25) is 0 Å². The molecule has 4 rings (SSSR count). The van der Waals surface area contributed by atoms with Gasteiger partial charge in [-0.15, -0.1) is 0 Å². The van der Waals surface area contributed by atoms with Crippen LogP contribution in [0.5, 0.6) is 0 Å². The highest BCUT2D eigenvalue weighted by molar-refractivity contribution is 6.03. The Morgan fingerprint density at radius 2 is 1.77 bits per heavy atom. The van der Waals surface area contributed by atoms with Crippen LogP contribution >= 0.6 is 0 Å². The topological polar surface area (TPSA) is 55.4 Å². The number of esters is 1. The summed E-state index contributed by atoms with van der Waals surface area (Å²) in [7, 11) is 0. The molecule has 0 fully saturated rings. The molecule has 4 nitrogen and oxygen atoms in total. The molecule has 0 radical (unpaired) electrons. The van der Waals surface area contributed by atoms with Crippen molar-refractivity contribution in [2.24, 2.45) is 0 Å². The number of Topliss-reactive ketones (excluding diaryl/α,β-unsaturated/α-hetero) is 1. The van der Waals surface area contributed by atoms with Gasteiger partial charge in [0.1, 0.15) is 6.61 Å². The fourth-order valence-electron chi connectivity index (χ4n) is 4.46. The van der Waals surface area contributed by atoms with Crippen molar-refractivity contribution in [1.29, 1.82) is 0 Å². The Labute approximate surface area is 184 Å². The summed E-state index contributed by atoms with van der Waals surface area (Å²) in [6.07, 6.45) is 2.18. The molecule has 0 spiro atoms. The predicted octanol–water partition coefficient (Wildman–Crippen LogP) is 5.52. The second kappa shape index (κ2) is 8.93. The minimum Gasteiger partial charge on any atom is -0.457 e. The lowest BCUT2D eigenvalue weighted by Gasteiger charge is -2.34. The molecule has 1 heterocycles. The minimum absolute atomic E-state index is 0.118.